The summed E-state index contributed by atoms with van der Waals surface area (Å²) in [5.41, 5.74) is 0. The molecule has 0 aromatic carbocycles. The number of unbranched alkanes of at least 4 members (excludes halogenated alkanes) is 3. The van der Waals surface area contributed by atoms with Crippen LogP contribution in [0.5, 0.6) is 0 Å². The Balaban J connectivity index is 2.32. The number of rotatable bonds is 5. The Morgan fingerprint density at radius 3 is 2.54 bits per heavy atom. The Hall–Kier alpha value is 0.1000. The van der Waals surface area contributed by atoms with Gasteiger partial charge in [-0.25, -0.2) is 4.68 Å². The van der Waals surface area contributed by atoms with E-state index in [9.17, 15) is 0 Å². The molecule has 0 saturated heterocycles. The molecule has 13 heavy (non-hydrogen) atoms. The molecule has 3 nitrogen and oxygen atoms in total. The second-order valence-electron chi connectivity index (χ2n) is 2.95. The minimum atomic E-state index is 0.781. The maximum absolute atomic E-state index is 3.99. The molecule has 0 aliphatic rings. The summed E-state index contributed by atoms with van der Waals surface area (Å²) < 4.78 is 3.59. The summed E-state index contributed by atoms with van der Waals surface area (Å²) in [6.45, 7) is 3.15. The number of aromatic nitrogens is 3. The summed E-state index contributed by atoms with van der Waals surface area (Å²) >= 11 is 6.71. The maximum Gasteiger partial charge on any atom is 0.162 e. The van der Waals surface area contributed by atoms with Crippen LogP contribution in [0, 0.1) is 0 Å². The van der Waals surface area contributed by atoms with Crippen molar-refractivity contribution in [1.82, 2.24) is 15.0 Å². The third-order valence-corrected chi connectivity index (χ3v) is 3.71. The fourth-order valence-electron chi connectivity index (χ4n) is 1.11. The molecule has 1 aromatic heterocycles. The van der Waals surface area contributed by atoms with Gasteiger partial charge < -0.3 is 0 Å². The molecule has 0 radical (unpaired) electrons. The van der Waals surface area contributed by atoms with E-state index in [1.54, 1.807) is 0 Å². The van der Waals surface area contributed by atoms with Crippen LogP contribution in [0.1, 0.15) is 32.6 Å². The Bertz CT molecular complexity index is 260. The van der Waals surface area contributed by atoms with E-state index in [2.05, 4.69) is 49.1 Å². The second-order valence-corrected chi connectivity index (χ2v) is 4.46. The van der Waals surface area contributed by atoms with Crippen LogP contribution in [-0.4, -0.2) is 15.0 Å². The van der Waals surface area contributed by atoms with Crippen molar-refractivity contribution < 1.29 is 0 Å². The lowest BCUT2D eigenvalue weighted by molar-refractivity contribution is 0.520. The van der Waals surface area contributed by atoms with E-state index in [1.165, 1.54) is 25.7 Å². The van der Waals surface area contributed by atoms with E-state index < -0.39 is 0 Å². The van der Waals surface area contributed by atoms with Crippen LogP contribution in [-0.2, 0) is 6.54 Å². The first-order chi connectivity index (χ1) is 6.25. The number of halogens is 2. The summed E-state index contributed by atoms with van der Waals surface area (Å²) in [7, 11) is 0. The molecule has 1 heterocycles. The molecular formula is C8H13Br2N3. The van der Waals surface area contributed by atoms with Crippen LogP contribution in [0.3, 0.4) is 0 Å². The highest BCUT2D eigenvalue weighted by molar-refractivity contribution is 9.13. The van der Waals surface area contributed by atoms with Crippen LogP contribution in [0.2, 0.25) is 0 Å². The van der Waals surface area contributed by atoms with E-state index in [0.29, 0.717) is 0 Å². The van der Waals surface area contributed by atoms with Gasteiger partial charge in [0.15, 0.2) is 4.60 Å². The average molecular weight is 311 g/mol. The molecule has 0 atom stereocenters. The summed E-state index contributed by atoms with van der Waals surface area (Å²) in [5.74, 6) is 0. The molecule has 0 fully saturated rings. The number of hydrogen-bond donors (Lipinski definition) is 0. The predicted octanol–water partition coefficient (Wildman–Crippen LogP) is 3.38. The zero-order chi connectivity index (χ0) is 9.68. The topological polar surface area (TPSA) is 30.7 Å². The minimum absolute atomic E-state index is 0.781. The first-order valence-electron chi connectivity index (χ1n) is 4.50. The molecule has 0 amide bonds. The standard InChI is InChI=1S/C8H13Br2N3/c1-2-3-4-5-6-13-8(10)7(9)11-12-13/h2-6H2,1H3. The first-order valence-corrected chi connectivity index (χ1v) is 6.08. The van der Waals surface area contributed by atoms with Gasteiger partial charge >= 0.3 is 0 Å². The fraction of sp³-hybridized carbons (Fsp3) is 0.750. The lowest BCUT2D eigenvalue weighted by atomic mass is 10.2. The zero-order valence-corrected chi connectivity index (χ0v) is 10.8. The van der Waals surface area contributed by atoms with Crippen molar-refractivity contribution in [1.29, 1.82) is 0 Å². The van der Waals surface area contributed by atoms with Gasteiger partial charge in [-0.15, -0.1) is 5.10 Å². The highest BCUT2D eigenvalue weighted by atomic mass is 79.9. The molecule has 0 bridgehead atoms. The average Bonchev–Trinajstić information content (AvgIpc) is 2.43. The quantitative estimate of drug-likeness (QED) is 0.781. The maximum atomic E-state index is 3.99. The normalized spacial score (nSPS) is 10.7. The van der Waals surface area contributed by atoms with E-state index in [-0.39, 0.29) is 0 Å². The Kier molecular flexibility index (Phi) is 4.94. The van der Waals surface area contributed by atoms with Crippen molar-refractivity contribution in [2.24, 2.45) is 0 Å². The van der Waals surface area contributed by atoms with Gasteiger partial charge in [0, 0.05) is 6.54 Å². The van der Waals surface area contributed by atoms with Crippen LogP contribution < -0.4 is 0 Å². The SMILES string of the molecule is CCCCCCn1nnc(Br)c1Br. The Morgan fingerprint density at radius 1 is 1.23 bits per heavy atom. The second kappa shape index (κ2) is 5.75. The lowest BCUT2D eigenvalue weighted by Gasteiger charge is -2.00. The van der Waals surface area contributed by atoms with Gasteiger partial charge in [-0.2, -0.15) is 0 Å². The van der Waals surface area contributed by atoms with Crippen molar-refractivity contribution in [2.45, 2.75) is 39.2 Å². The molecule has 0 saturated carbocycles. The highest BCUT2D eigenvalue weighted by Crippen LogP contribution is 2.19. The summed E-state index contributed by atoms with van der Waals surface area (Å²) in [6, 6.07) is 0. The third-order valence-electron chi connectivity index (χ3n) is 1.86. The van der Waals surface area contributed by atoms with E-state index in [1.807, 2.05) is 4.68 Å². The summed E-state index contributed by atoms with van der Waals surface area (Å²) in [5, 5.41) is 7.88. The van der Waals surface area contributed by atoms with Gasteiger partial charge in [-0.3, -0.25) is 0 Å². The first kappa shape index (κ1) is 11.2. The molecule has 0 spiro atoms. The molecule has 74 valence electrons. The molecule has 5 heteroatoms. The Labute approximate surface area is 95.2 Å². The van der Waals surface area contributed by atoms with Gasteiger partial charge in [0.25, 0.3) is 0 Å². The molecule has 0 aliphatic heterocycles. The van der Waals surface area contributed by atoms with E-state index >= 15 is 0 Å². The van der Waals surface area contributed by atoms with Gasteiger partial charge in [0.1, 0.15) is 4.60 Å². The van der Waals surface area contributed by atoms with E-state index in [4.69, 9.17) is 0 Å². The summed E-state index contributed by atoms with van der Waals surface area (Å²) in [6.07, 6.45) is 5.00. The minimum Gasteiger partial charge on any atom is -0.237 e. The molecule has 0 aliphatic carbocycles. The van der Waals surface area contributed by atoms with Crippen molar-refractivity contribution in [3.05, 3.63) is 9.21 Å². The van der Waals surface area contributed by atoms with Crippen molar-refractivity contribution in [2.75, 3.05) is 0 Å². The monoisotopic (exact) mass is 309 g/mol. The molecule has 0 N–H and O–H groups in total. The van der Waals surface area contributed by atoms with Crippen molar-refractivity contribution in [3.63, 3.8) is 0 Å². The van der Waals surface area contributed by atoms with Crippen molar-refractivity contribution in [3.8, 4) is 0 Å². The van der Waals surface area contributed by atoms with Crippen LogP contribution in [0.25, 0.3) is 0 Å². The van der Waals surface area contributed by atoms with E-state index in [0.717, 1.165) is 15.8 Å². The smallest absolute Gasteiger partial charge is 0.162 e. The van der Waals surface area contributed by atoms with Gasteiger partial charge in [0.05, 0.1) is 0 Å². The van der Waals surface area contributed by atoms with Crippen LogP contribution >= 0.6 is 31.9 Å². The highest BCUT2D eigenvalue weighted by Gasteiger charge is 2.05. The molecule has 0 unspecified atom stereocenters. The molecule has 1 aromatic rings. The molecular weight excluding hydrogens is 298 g/mol. The number of hydrogen-bond acceptors (Lipinski definition) is 2. The van der Waals surface area contributed by atoms with Gasteiger partial charge in [-0.1, -0.05) is 31.4 Å². The third kappa shape index (κ3) is 3.38. The zero-order valence-electron chi connectivity index (χ0n) is 7.63. The number of aryl methyl sites for hydroxylation is 1. The van der Waals surface area contributed by atoms with Crippen LogP contribution in [0.4, 0.5) is 0 Å². The lowest BCUT2D eigenvalue weighted by Crippen LogP contribution is -2.00. The van der Waals surface area contributed by atoms with Gasteiger partial charge in [-0.05, 0) is 38.3 Å². The summed E-state index contributed by atoms with van der Waals surface area (Å²) in [4.78, 5) is 0. The van der Waals surface area contributed by atoms with Crippen molar-refractivity contribution >= 4 is 31.9 Å². The largest absolute Gasteiger partial charge is 0.237 e. The van der Waals surface area contributed by atoms with Crippen LogP contribution in [0.15, 0.2) is 9.21 Å². The number of nitrogens with zero attached hydrogens (tertiary/aromatic N) is 3. The van der Waals surface area contributed by atoms with Gasteiger partial charge in [0.2, 0.25) is 0 Å². The Morgan fingerprint density at radius 2 is 2.00 bits per heavy atom. The molecule has 1 rings (SSSR count). The fourth-order valence-corrected chi connectivity index (χ4v) is 1.71. The predicted molar refractivity (Wildman–Crippen MR) is 59.6 cm³/mol.